The van der Waals surface area contributed by atoms with Crippen LogP contribution in [0.1, 0.15) is 24.0 Å². The third kappa shape index (κ3) is 3.63. The van der Waals surface area contributed by atoms with Crippen LogP contribution in [-0.2, 0) is 6.54 Å². The van der Waals surface area contributed by atoms with E-state index in [2.05, 4.69) is 21.3 Å². The SMILES string of the molecule is Cc1cc(CNC2CCN(c3ccccn3)CC2)ccc1F. The van der Waals surface area contributed by atoms with Crippen molar-refractivity contribution in [2.24, 2.45) is 0 Å². The van der Waals surface area contributed by atoms with Crippen LogP contribution in [0, 0.1) is 12.7 Å². The first-order valence-electron chi connectivity index (χ1n) is 7.87. The second kappa shape index (κ2) is 6.88. The van der Waals surface area contributed by atoms with Crippen LogP contribution in [0.2, 0.25) is 0 Å². The van der Waals surface area contributed by atoms with Crippen molar-refractivity contribution in [2.75, 3.05) is 18.0 Å². The average Bonchev–Trinajstić information content (AvgIpc) is 2.57. The van der Waals surface area contributed by atoms with Crippen LogP contribution >= 0.6 is 0 Å². The zero-order valence-corrected chi connectivity index (χ0v) is 12.9. The maximum absolute atomic E-state index is 13.3. The maximum atomic E-state index is 13.3. The van der Waals surface area contributed by atoms with Crippen LogP contribution in [0.15, 0.2) is 42.6 Å². The molecule has 0 radical (unpaired) electrons. The maximum Gasteiger partial charge on any atom is 0.128 e. The van der Waals surface area contributed by atoms with Gasteiger partial charge in [-0.05, 0) is 49.1 Å². The Morgan fingerprint density at radius 1 is 1.23 bits per heavy atom. The topological polar surface area (TPSA) is 28.2 Å². The molecule has 116 valence electrons. The van der Waals surface area contributed by atoms with Crippen molar-refractivity contribution in [1.82, 2.24) is 10.3 Å². The number of nitrogens with one attached hydrogen (secondary N) is 1. The lowest BCUT2D eigenvalue weighted by atomic mass is 10.0. The molecule has 0 amide bonds. The summed E-state index contributed by atoms with van der Waals surface area (Å²) < 4.78 is 13.3. The highest BCUT2D eigenvalue weighted by molar-refractivity contribution is 5.38. The number of benzene rings is 1. The predicted molar refractivity (Wildman–Crippen MR) is 87.4 cm³/mol. The third-order valence-corrected chi connectivity index (χ3v) is 4.29. The lowest BCUT2D eigenvalue weighted by Gasteiger charge is -2.33. The Morgan fingerprint density at radius 2 is 2.05 bits per heavy atom. The van der Waals surface area contributed by atoms with Gasteiger partial charge >= 0.3 is 0 Å². The highest BCUT2D eigenvalue weighted by atomic mass is 19.1. The molecular formula is C18H22FN3. The Kier molecular flexibility index (Phi) is 4.68. The fourth-order valence-corrected chi connectivity index (χ4v) is 2.93. The minimum Gasteiger partial charge on any atom is -0.357 e. The van der Waals surface area contributed by atoms with Crippen LogP contribution in [0.4, 0.5) is 10.2 Å². The first kappa shape index (κ1) is 15.0. The van der Waals surface area contributed by atoms with E-state index >= 15 is 0 Å². The van der Waals surface area contributed by atoms with Crippen molar-refractivity contribution in [3.63, 3.8) is 0 Å². The number of aryl methyl sites for hydroxylation is 1. The highest BCUT2D eigenvalue weighted by Crippen LogP contribution is 2.18. The van der Waals surface area contributed by atoms with Crippen molar-refractivity contribution in [3.8, 4) is 0 Å². The number of aromatic nitrogens is 1. The molecule has 2 aromatic rings. The van der Waals surface area contributed by atoms with Gasteiger partial charge in [-0.3, -0.25) is 0 Å². The fourth-order valence-electron chi connectivity index (χ4n) is 2.93. The Hall–Kier alpha value is -1.94. The Morgan fingerprint density at radius 3 is 2.73 bits per heavy atom. The molecule has 3 nitrogen and oxygen atoms in total. The summed E-state index contributed by atoms with van der Waals surface area (Å²) in [6, 6.07) is 11.9. The Bertz CT molecular complexity index is 607. The monoisotopic (exact) mass is 299 g/mol. The molecular weight excluding hydrogens is 277 g/mol. The smallest absolute Gasteiger partial charge is 0.128 e. The molecule has 1 aliphatic rings. The average molecular weight is 299 g/mol. The molecule has 2 heterocycles. The lowest BCUT2D eigenvalue weighted by molar-refractivity contribution is 0.412. The van der Waals surface area contributed by atoms with Gasteiger partial charge in [-0.2, -0.15) is 0 Å². The summed E-state index contributed by atoms with van der Waals surface area (Å²) in [5.74, 6) is 0.933. The van der Waals surface area contributed by atoms with Crippen LogP contribution in [-0.4, -0.2) is 24.1 Å². The van der Waals surface area contributed by atoms with E-state index in [0.717, 1.165) is 43.9 Å². The summed E-state index contributed by atoms with van der Waals surface area (Å²) in [6.45, 7) is 4.66. The van der Waals surface area contributed by atoms with Crippen molar-refractivity contribution >= 4 is 5.82 Å². The standard InChI is InChI=1S/C18H22FN3/c1-14-12-15(5-6-17(14)19)13-21-16-7-10-22(11-8-16)18-4-2-3-9-20-18/h2-6,9,12,16,21H,7-8,10-11,13H2,1H3. The zero-order valence-electron chi connectivity index (χ0n) is 12.9. The summed E-state index contributed by atoms with van der Waals surface area (Å²) >= 11 is 0. The minimum absolute atomic E-state index is 0.132. The minimum atomic E-state index is -0.132. The van der Waals surface area contributed by atoms with Gasteiger partial charge in [0.25, 0.3) is 0 Å². The van der Waals surface area contributed by atoms with Crippen LogP contribution < -0.4 is 10.2 Å². The normalized spacial score (nSPS) is 16.0. The first-order valence-corrected chi connectivity index (χ1v) is 7.87. The van der Waals surface area contributed by atoms with Gasteiger partial charge in [0, 0.05) is 31.9 Å². The highest BCUT2D eigenvalue weighted by Gasteiger charge is 2.19. The van der Waals surface area contributed by atoms with Gasteiger partial charge in [0.15, 0.2) is 0 Å². The Labute approximate surface area is 131 Å². The molecule has 0 saturated carbocycles. The summed E-state index contributed by atoms with van der Waals surface area (Å²) in [5.41, 5.74) is 1.86. The van der Waals surface area contributed by atoms with Gasteiger partial charge in [0.2, 0.25) is 0 Å². The van der Waals surface area contributed by atoms with E-state index in [9.17, 15) is 4.39 Å². The number of pyridine rings is 1. The van der Waals surface area contributed by atoms with Crippen molar-refractivity contribution in [2.45, 2.75) is 32.4 Å². The lowest BCUT2D eigenvalue weighted by Crippen LogP contribution is -2.42. The van der Waals surface area contributed by atoms with Gasteiger partial charge < -0.3 is 10.2 Å². The first-order chi connectivity index (χ1) is 10.7. The number of rotatable bonds is 4. The van der Waals surface area contributed by atoms with Crippen molar-refractivity contribution in [1.29, 1.82) is 0 Å². The van der Waals surface area contributed by atoms with Gasteiger partial charge in [-0.25, -0.2) is 9.37 Å². The number of anilines is 1. The number of halogens is 1. The van der Waals surface area contributed by atoms with Crippen LogP contribution in [0.3, 0.4) is 0 Å². The largest absolute Gasteiger partial charge is 0.357 e. The molecule has 3 rings (SSSR count). The van der Waals surface area contributed by atoms with E-state index in [0.29, 0.717) is 11.6 Å². The van der Waals surface area contributed by atoms with Crippen LogP contribution in [0.5, 0.6) is 0 Å². The summed E-state index contributed by atoms with van der Waals surface area (Å²) in [6.07, 6.45) is 4.06. The van der Waals surface area contributed by atoms with E-state index in [-0.39, 0.29) is 5.82 Å². The van der Waals surface area contributed by atoms with Crippen molar-refractivity contribution < 1.29 is 4.39 Å². The second-order valence-electron chi connectivity index (χ2n) is 5.91. The van der Waals surface area contributed by atoms with Gasteiger partial charge in [0.05, 0.1) is 0 Å². The summed E-state index contributed by atoms with van der Waals surface area (Å²) in [7, 11) is 0. The summed E-state index contributed by atoms with van der Waals surface area (Å²) in [4.78, 5) is 6.74. The molecule has 0 atom stereocenters. The number of hydrogen-bond donors (Lipinski definition) is 1. The molecule has 1 saturated heterocycles. The predicted octanol–water partition coefficient (Wildman–Crippen LogP) is 3.29. The molecule has 1 N–H and O–H groups in total. The molecule has 0 bridgehead atoms. The van der Waals surface area contributed by atoms with E-state index < -0.39 is 0 Å². The second-order valence-corrected chi connectivity index (χ2v) is 5.91. The molecule has 0 aliphatic carbocycles. The Balaban J connectivity index is 1.49. The molecule has 1 aliphatic heterocycles. The quantitative estimate of drug-likeness (QED) is 0.939. The van der Waals surface area contributed by atoms with Gasteiger partial charge in [-0.15, -0.1) is 0 Å². The van der Waals surface area contributed by atoms with Crippen LogP contribution in [0.25, 0.3) is 0 Å². The fraction of sp³-hybridized carbons (Fsp3) is 0.389. The summed E-state index contributed by atoms with van der Waals surface area (Å²) in [5, 5.41) is 3.59. The van der Waals surface area contributed by atoms with Crippen molar-refractivity contribution in [3.05, 3.63) is 59.5 Å². The van der Waals surface area contributed by atoms with E-state index in [1.807, 2.05) is 37.4 Å². The molecule has 1 aromatic heterocycles. The third-order valence-electron chi connectivity index (χ3n) is 4.29. The van der Waals surface area contributed by atoms with Gasteiger partial charge in [-0.1, -0.05) is 18.2 Å². The molecule has 0 spiro atoms. The van der Waals surface area contributed by atoms with E-state index in [1.54, 1.807) is 6.07 Å². The zero-order chi connectivity index (χ0) is 15.4. The van der Waals surface area contributed by atoms with E-state index in [1.165, 1.54) is 0 Å². The molecule has 22 heavy (non-hydrogen) atoms. The molecule has 0 unspecified atom stereocenters. The molecule has 4 heteroatoms. The number of nitrogens with zero attached hydrogens (tertiary/aromatic N) is 2. The number of piperidine rings is 1. The number of hydrogen-bond acceptors (Lipinski definition) is 3. The molecule has 1 aromatic carbocycles. The van der Waals surface area contributed by atoms with E-state index in [4.69, 9.17) is 0 Å². The van der Waals surface area contributed by atoms with Gasteiger partial charge in [0.1, 0.15) is 11.6 Å². The molecule has 1 fully saturated rings.